The van der Waals surface area contributed by atoms with Gasteiger partial charge in [0, 0.05) is 18.6 Å². The van der Waals surface area contributed by atoms with Crippen molar-refractivity contribution in [3.8, 4) is 0 Å². The molecule has 0 bridgehead atoms. The molecule has 32 heavy (non-hydrogen) atoms. The smallest absolute Gasteiger partial charge is 0.261 e. The summed E-state index contributed by atoms with van der Waals surface area (Å²) in [4.78, 5) is 32.5. The fourth-order valence-electron chi connectivity index (χ4n) is 3.62. The molecule has 3 rings (SSSR count). The predicted octanol–water partition coefficient (Wildman–Crippen LogP) is 4.74. The Kier molecular flexibility index (Phi) is 8.04. The van der Waals surface area contributed by atoms with Gasteiger partial charge in [0.15, 0.2) is 0 Å². The normalized spacial score (nSPS) is 12.3. The van der Waals surface area contributed by atoms with Crippen molar-refractivity contribution >= 4 is 28.4 Å². The molecule has 1 atom stereocenters. The fourth-order valence-corrected chi connectivity index (χ4v) is 3.79. The molecule has 0 aliphatic carbocycles. The molecule has 7 heteroatoms. The van der Waals surface area contributed by atoms with E-state index >= 15 is 0 Å². The van der Waals surface area contributed by atoms with Crippen LogP contribution in [0.3, 0.4) is 0 Å². The third kappa shape index (κ3) is 5.75. The highest BCUT2D eigenvalue weighted by Gasteiger charge is 2.25. The topological polar surface area (TPSA) is 64.4 Å². The lowest BCUT2D eigenvalue weighted by molar-refractivity contribution is -0.139. The third-order valence-electron chi connectivity index (χ3n) is 5.52. The van der Waals surface area contributed by atoms with Gasteiger partial charge in [-0.15, -0.1) is 0 Å². The third-order valence-corrected chi connectivity index (χ3v) is 5.75. The maximum Gasteiger partial charge on any atom is 0.261 e. The summed E-state index contributed by atoms with van der Waals surface area (Å²) in [7, 11) is 1.69. The number of ether oxygens (including phenoxy) is 1. The average molecular weight is 456 g/mol. The second-order valence-corrected chi connectivity index (χ2v) is 8.86. The minimum atomic E-state index is -0.400. The van der Waals surface area contributed by atoms with E-state index in [9.17, 15) is 9.59 Å². The van der Waals surface area contributed by atoms with Crippen LogP contribution in [0.2, 0.25) is 5.02 Å². The predicted molar refractivity (Wildman–Crippen MR) is 128 cm³/mol. The molecule has 1 amide bonds. The molecule has 0 fully saturated rings. The number of halogens is 1. The van der Waals surface area contributed by atoms with E-state index in [1.54, 1.807) is 30.1 Å². The lowest BCUT2D eigenvalue weighted by Gasteiger charge is -2.30. The van der Waals surface area contributed by atoms with Gasteiger partial charge in [-0.3, -0.25) is 14.2 Å². The van der Waals surface area contributed by atoms with Gasteiger partial charge in [-0.1, -0.05) is 55.8 Å². The largest absolute Gasteiger partial charge is 0.367 e. The van der Waals surface area contributed by atoms with Crippen molar-refractivity contribution < 1.29 is 9.53 Å². The monoisotopic (exact) mass is 455 g/mol. The van der Waals surface area contributed by atoms with Crippen LogP contribution >= 0.6 is 11.6 Å². The standard InChI is InChI=1S/C25H30ClN3O3/c1-17(2)12-13-29(23(30)16-32-15-19-8-6-5-7-9-19)18(3)24-27-22-14-20(26)10-11-21(22)25(31)28(24)4/h5-11,14,17-18H,12-13,15-16H2,1-4H3. The first-order valence-electron chi connectivity index (χ1n) is 10.8. The number of carbonyl (C=O) groups excluding carboxylic acids is 1. The summed E-state index contributed by atoms with van der Waals surface area (Å²) >= 11 is 6.12. The molecular weight excluding hydrogens is 426 g/mol. The van der Waals surface area contributed by atoms with E-state index in [4.69, 9.17) is 21.3 Å². The molecule has 1 aromatic heterocycles. The summed E-state index contributed by atoms with van der Waals surface area (Å²) in [5.41, 5.74) is 1.38. The minimum Gasteiger partial charge on any atom is -0.367 e. The van der Waals surface area contributed by atoms with Crippen molar-refractivity contribution in [3.05, 3.63) is 75.3 Å². The Bertz CT molecular complexity index is 1130. The molecule has 0 spiro atoms. The number of amides is 1. The molecular formula is C25H30ClN3O3. The second kappa shape index (κ2) is 10.7. The highest BCUT2D eigenvalue weighted by atomic mass is 35.5. The quantitative estimate of drug-likeness (QED) is 0.467. The lowest BCUT2D eigenvalue weighted by atomic mass is 10.1. The number of fused-ring (bicyclic) bond motifs is 1. The fraction of sp³-hybridized carbons (Fsp3) is 0.400. The van der Waals surface area contributed by atoms with Gasteiger partial charge in [0.25, 0.3) is 5.56 Å². The van der Waals surface area contributed by atoms with Gasteiger partial charge in [-0.25, -0.2) is 4.98 Å². The van der Waals surface area contributed by atoms with Crippen molar-refractivity contribution in [1.82, 2.24) is 14.5 Å². The second-order valence-electron chi connectivity index (χ2n) is 8.42. The number of rotatable bonds is 9. The van der Waals surface area contributed by atoms with Gasteiger partial charge in [0.2, 0.25) is 5.91 Å². The highest BCUT2D eigenvalue weighted by molar-refractivity contribution is 6.31. The van der Waals surface area contributed by atoms with Crippen LogP contribution in [0.5, 0.6) is 0 Å². The first kappa shape index (κ1) is 24.0. The maximum absolute atomic E-state index is 13.1. The van der Waals surface area contributed by atoms with E-state index < -0.39 is 6.04 Å². The van der Waals surface area contributed by atoms with Crippen LogP contribution in [0.15, 0.2) is 53.3 Å². The molecule has 3 aromatic rings. The Morgan fingerprint density at radius 2 is 1.88 bits per heavy atom. The van der Waals surface area contributed by atoms with Crippen molar-refractivity contribution in [2.75, 3.05) is 13.2 Å². The van der Waals surface area contributed by atoms with Crippen LogP contribution < -0.4 is 5.56 Å². The van der Waals surface area contributed by atoms with Crippen LogP contribution in [0, 0.1) is 5.92 Å². The van der Waals surface area contributed by atoms with E-state index in [1.165, 1.54) is 4.57 Å². The van der Waals surface area contributed by atoms with Crippen LogP contribution in [0.25, 0.3) is 10.9 Å². The summed E-state index contributed by atoms with van der Waals surface area (Å²) in [5.74, 6) is 0.814. The highest BCUT2D eigenvalue weighted by Crippen LogP contribution is 2.22. The molecule has 6 nitrogen and oxygen atoms in total. The Hall–Kier alpha value is -2.70. The van der Waals surface area contributed by atoms with Gasteiger partial charge >= 0.3 is 0 Å². The number of benzene rings is 2. The lowest BCUT2D eigenvalue weighted by Crippen LogP contribution is -2.40. The molecule has 170 valence electrons. The summed E-state index contributed by atoms with van der Waals surface area (Å²) in [6.45, 7) is 7.01. The molecule has 0 aliphatic heterocycles. The van der Waals surface area contributed by atoms with Crippen molar-refractivity contribution in [3.63, 3.8) is 0 Å². The van der Waals surface area contributed by atoms with Crippen LogP contribution in [-0.2, 0) is 23.2 Å². The first-order chi connectivity index (χ1) is 15.3. The SMILES string of the molecule is CC(C)CCN(C(=O)COCc1ccccc1)C(C)c1nc2cc(Cl)ccc2c(=O)n1C. The van der Waals surface area contributed by atoms with Gasteiger partial charge in [-0.05, 0) is 43.0 Å². The summed E-state index contributed by atoms with van der Waals surface area (Å²) in [6.07, 6.45) is 0.835. The van der Waals surface area contributed by atoms with Crippen LogP contribution in [-0.4, -0.2) is 33.5 Å². The number of aromatic nitrogens is 2. The molecule has 1 unspecified atom stereocenters. The van der Waals surface area contributed by atoms with Crippen molar-refractivity contribution in [2.24, 2.45) is 13.0 Å². The number of carbonyl (C=O) groups is 1. The zero-order chi connectivity index (χ0) is 23.3. The number of nitrogens with zero attached hydrogens (tertiary/aromatic N) is 3. The summed E-state index contributed by atoms with van der Waals surface area (Å²) in [6, 6.07) is 14.4. The van der Waals surface area contributed by atoms with Crippen LogP contribution in [0.4, 0.5) is 0 Å². The molecule has 1 heterocycles. The molecule has 0 N–H and O–H groups in total. The molecule has 0 aliphatic rings. The zero-order valence-corrected chi connectivity index (χ0v) is 19.8. The van der Waals surface area contributed by atoms with Gasteiger partial charge in [-0.2, -0.15) is 0 Å². The Balaban J connectivity index is 1.85. The van der Waals surface area contributed by atoms with Gasteiger partial charge in [0.05, 0.1) is 23.6 Å². The van der Waals surface area contributed by atoms with E-state index in [0.717, 1.165) is 12.0 Å². The van der Waals surface area contributed by atoms with E-state index in [0.29, 0.717) is 40.8 Å². The van der Waals surface area contributed by atoms with Crippen molar-refractivity contribution in [1.29, 1.82) is 0 Å². The van der Waals surface area contributed by atoms with Crippen molar-refractivity contribution in [2.45, 2.75) is 39.8 Å². The first-order valence-corrected chi connectivity index (χ1v) is 11.2. The number of hydrogen-bond donors (Lipinski definition) is 0. The molecule has 0 radical (unpaired) electrons. The van der Waals surface area contributed by atoms with Gasteiger partial charge in [0.1, 0.15) is 12.4 Å². The van der Waals surface area contributed by atoms with E-state index in [1.807, 2.05) is 37.3 Å². The molecule has 0 saturated heterocycles. The number of hydrogen-bond acceptors (Lipinski definition) is 4. The van der Waals surface area contributed by atoms with Crippen LogP contribution in [0.1, 0.15) is 44.6 Å². The average Bonchev–Trinajstić information content (AvgIpc) is 2.76. The minimum absolute atomic E-state index is 0.0370. The molecule has 0 saturated carbocycles. The Morgan fingerprint density at radius 1 is 1.16 bits per heavy atom. The Labute approximate surface area is 193 Å². The van der Waals surface area contributed by atoms with Gasteiger partial charge < -0.3 is 9.64 Å². The maximum atomic E-state index is 13.1. The van der Waals surface area contributed by atoms with E-state index in [2.05, 4.69) is 13.8 Å². The summed E-state index contributed by atoms with van der Waals surface area (Å²) in [5, 5.41) is 1.01. The van der Waals surface area contributed by atoms with E-state index in [-0.39, 0.29) is 18.1 Å². The molecule has 2 aromatic carbocycles. The zero-order valence-electron chi connectivity index (χ0n) is 19.0. The Morgan fingerprint density at radius 3 is 2.56 bits per heavy atom. The summed E-state index contributed by atoms with van der Waals surface area (Å²) < 4.78 is 7.21.